The molecule has 1 saturated heterocycles. The quantitative estimate of drug-likeness (QED) is 0.881. The largest absolute Gasteiger partial charge is 0.311 e. The Bertz CT molecular complexity index is 399. The van der Waals surface area contributed by atoms with Gasteiger partial charge >= 0.3 is 0 Å². The van der Waals surface area contributed by atoms with Crippen LogP contribution in [0.1, 0.15) is 50.6 Å². The highest BCUT2D eigenvalue weighted by Crippen LogP contribution is 2.32. The van der Waals surface area contributed by atoms with Crippen molar-refractivity contribution in [3.8, 4) is 0 Å². The van der Waals surface area contributed by atoms with Crippen molar-refractivity contribution < 1.29 is 0 Å². The molecular weight excluding hydrogens is 244 g/mol. The van der Waals surface area contributed by atoms with Gasteiger partial charge in [-0.1, -0.05) is 50.1 Å². The summed E-state index contributed by atoms with van der Waals surface area (Å²) in [5.41, 5.74) is 1.48. The van der Waals surface area contributed by atoms with Crippen molar-refractivity contribution in [2.75, 3.05) is 19.6 Å². The Labute approximate surface area is 123 Å². The van der Waals surface area contributed by atoms with Crippen LogP contribution in [0.3, 0.4) is 0 Å². The Morgan fingerprint density at radius 1 is 1.20 bits per heavy atom. The van der Waals surface area contributed by atoms with Crippen LogP contribution in [0.2, 0.25) is 0 Å². The zero-order valence-corrected chi connectivity index (χ0v) is 12.7. The van der Waals surface area contributed by atoms with Gasteiger partial charge in [-0.25, -0.2) is 0 Å². The number of benzene rings is 1. The minimum absolute atomic E-state index is 0.574. The van der Waals surface area contributed by atoms with E-state index in [0.29, 0.717) is 12.1 Å². The molecule has 2 nitrogen and oxygen atoms in total. The Morgan fingerprint density at radius 3 is 2.65 bits per heavy atom. The molecule has 1 aromatic rings. The Kier molecular flexibility index (Phi) is 4.74. The van der Waals surface area contributed by atoms with Gasteiger partial charge in [0, 0.05) is 31.7 Å². The maximum atomic E-state index is 3.77. The van der Waals surface area contributed by atoms with Crippen molar-refractivity contribution in [2.45, 2.75) is 51.1 Å². The lowest BCUT2D eigenvalue weighted by molar-refractivity contribution is 0.0861. The Balaban J connectivity index is 1.69. The molecular formula is C18H28N2. The third-order valence-electron chi connectivity index (χ3n) is 5.03. The molecule has 1 N–H and O–H groups in total. The number of nitrogens with zero attached hydrogens (tertiary/aromatic N) is 1. The lowest BCUT2D eigenvalue weighted by Gasteiger charge is -2.43. The summed E-state index contributed by atoms with van der Waals surface area (Å²) < 4.78 is 0. The zero-order valence-electron chi connectivity index (χ0n) is 12.7. The minimum Gasteiger partial charge on any atom is -0.311 e. The normalized spacial score (nSPS) is 28.2. The number of hydrogen-bond acceptors (Lipinski definition) is 2. The summed E-state index contributed by atoms with van der Waals surface area (Å²) in [5, 5.41) is 3.77. The van der Waals surface area contributed by atoms with Gasteiger partial charge < -0.3 is 5.32 Å². The molecule has 2 fully saturated rings. The molecule has 2 unspecified atom stereocenters. The first-order chi connectivity index (χ1) is 9.86. The molecule has 0 spiro atoms. The fourth-order valence-electron chi connectivity index (χ4n) is 3.64. The van der Waals surface area contributed by atoms with Crippen LogP contribution < -0.4 is 5.32 Å². The summed E-state index contributed by atoms with van der Waals surface area (Å²) in [7, 11) is 0. The van der Waals surface area contributed by atoms with Gasteiger partial charge in [-0.15, -0.1) is 0 Å². The first kappa shape index (κ1) is 14.1. The van der Waals surface area contributed by atoms with Crippen LogP contribution in [0.15, 0.2) is 30.3 Å². The van der Waals surface area contributed by atoms with Crippen LogP contribution in [-0.4, -0.2) is 30.6 Å². The molecule has 2 heteroatoms. The third-order valence-corrected chi connectivity index (χ3v) is 5.03. The van der Waals surface area contributed by atoms with Gasteiger partial charge in [0.2, 0.25) is 0 Å². The molecule has 110 valence electrons. The lowest BCUT2D eigenvalue weighted by Crippen LogP contribution is -2.53. The van der Waals surface area contributed by atoms with Crippen LogP contribution in [0.4, 0.5) is 0 Å². The number of hydrogen-bond donors (Lipinski definition) is 1. The van der Waals surface area contributed by atoms with Gasteiger partial charge in [0.15, 0.2) is 0 Å². The van der Waals surface area contributed by atoms with Crippen LogP contribution in [0.5, 0.6) is 0 Å². The maximum absolute atomic E-state index is 3.77. The van der Waals surface area contributed by atoms with E-state index in [0.717, 1.165) is 12.5 Å². The van der Waals surface area contributed by atoms with Gasteiger partial charge in [0.25, 0.3) is 0 Å². The summed E-state index contributed by atoms with van der Waals surface area (Å²) in [6, 6.07) is 12.3. The van der Waals surface area contributed by atoms with Crippen molar-refractivity contribution in [3.05, 3.63) is 35.9 Å². The molecule has 2 atom stereocenters. The van der Waals surface area contributed by atoms with Crippen molar-refractivity contribution in [1.29, 1.82) is 0 Å². The topological polar surface area (TPSA) is 15.3 Å². The minimum atomic E-state index is 0.574. The van der Waals surface area contributed by atoms with Gasteiger partial charge in [-0.05, 0) is 30.7 Å². The summed E-state index contributed by atoms with van der Waals surface area (Å²) in [6.45, 7) is 5.94. The molecule has 0 amide bonds. The van der Waals surface area contributed by atoms with Crippen LogP contribution in [-0.2, 0) is 0 Å². The number of rotatable bonds is 5. The van der Waals surface area contributed by atoms with Gasteiger partial charge in [-0.3, -0.25) is 4.90 Å². The first-order valence-corrected chi connectivity index (χ1v) is 8.39. The zero-order chi connectivity index (χ0) is 13.8. The van der Waals surface area contributed by atoms with E-state index < -0.39 is 0 Å². The molecule has 1 saturated carbocycles. The summed E-state index contributed by atoms with van der Waals surface area (Å²) >= 11 is 0. The second-order valence-corrected chi connectivity index (χ2v) is 6.57. The fraction of sp³-hybridized carbons (Fsp3) is 0.667. The maximum Gasteiger partial charge on any atom is 0.0473 e. The second kappa shape index (κ2) is 6.73. The molecule has 20 heavy (non-hydrogen) atoms. The highest BCUT2D eigenvalue weighted by atomic mass is 15.2. The predicted octanol–water partition coefficient (Wildman–Crippen LogP) is 3.60. The molecule has 0 bridgehead atoms. The van der Waals surface area contributed by atoms with E-state index in [9.17, 15) is 0 Å². The van der Waals surface area contributed by atoms with Crippen molar-refractivity contribution in [1.82, 2.24) is 10.2 Å². The van der Waals surface area contributed by atoms with E-state index >= 15 is 0 Å². The van der Waals surface area contributed by atoms with E-state index in [1.54, 1.807) is 0 Å². The second-order valence-electron chi connectivity index (χ2n) is 6.57. The monoisotopic (exact) mass is 272 g/mol. The molecule has 0 radical (unpaired) electrons. The smallest absolute Gasteiger partial charge is 0.0473 e. The first-order valence-electron chi connectivity index (χ1n) is 8.39. The molecule has 1 aromatic carbocycles. The summed E-state index contributed by atoms with van der Waals surface area (Å²) in [6.07, 6.45) is 6.94. The van der Waals surface area contributed by atoms with Gasteiger partial charge in [0.1, 0.15) is 0 Å². The number of nitrogens with one attached hydrogen (secondary N) is 1. The van der Waals surface area contributed by atoms with Crippen LogP contribution in [0.25, 0.3) is 0 Å². The summed E-state index contributed by atoms with van der Waals surface area (Å²) in [4.78, 5) is 2.76. The highest BCUT2D eigenvalue weighted by Gasteiger charge is 2.31. The van der Waals surface area contributed by atoms with Gasteiger partial charge in [0.05, 0.1) is 0 Å². The summed E-state index contributed by atoms with van der Waals surface area (Å²) in [5.74, 6) is 0.960. The SMILES string of the molecule is CCCC1CN(CC2CCC2)C(c2ccccc2)CN1. The lowest BCUT2D eigenvalue weighted by atomic mass is 9.84. The molecule has 1 aliphatic carbocycles. The van der Waals surface area contributed by atoms with E-state index in [-0.39, 0.29) is 0 Å². The third kappa shape index (κ3) is 3.24. The number of piperazine rings is 1. The standard InChI is InChI=1S/C18H28N2/c1-2-7-17-14-20(13-15-8-6-9-15)18(12-19-17)16-10-4-3-5-11-16/h3-5,10-11,15,17-19H,2,6-9,12-14H2,1H3. The highest BCUT2D eigenvalue weighted by molar-refractivity contribution is 5.20. The fourth-order valence-corrected chi connectivity index (χ4v) is 3.64. The van der Waals surface area contributed by atoms with E-state index in [1.807, 2.05) is 0 Å². The van der Waals surface area contributed by atoms with Crippen LogP contribution in [0, 0.1) is 5.92 Å². The predicted molar refractivity (Wildman–Crippen MR) is 84.8 cm³/mol. The molecule has 2 aliphatic rings. The molecule has 3 rings (SSSR count). The Morgan fingerprint density at radius 2 is 2.00 bits per heavy atom. The molecule has 1 heterocycles. The molecule has 0 aromatic heterocycles. The van der Waals surface area contributed by atoms with Gasteiger partial charge in [-0.2, -0.15) is 0 Å². The van der Waals surface area contributed by atoms with E-state index in [4.69, 9.17) is 0 Å². The molecule has 1 aliphatic heterocycles. The van der Waals surface area contributed by atoms with Crippen molar-refractivity contribution >= 4 is 0 Å². The van der Waals surface area contributed by atoms with E-state index in [1.165, 1.54) is 50.8 Å². The van der Waals surface area contributed by atoms with E-state index in [2.05, 4.69) is 47.5 Å². The average Bonchev–Trinajstić information content (AvgIpc) is 2.44. The van der Waals surface area contributed by atoms with Crippen LogP contribution >= 0.6 is 0 Å². The van der Waals surface area contributed by atoms with Crippen molar-refractivity contribution in [3.63, 3.8) is 0 Å². The van der Waals surface area contributed by atoms with Crippen molar-refractivity contribution in [2.24, 2.45) is 5.92 Å². The Hall–Kier alpha value is -0.860. The average molecular weight is 272 g/mol.